The van der Waals surface area contributed by atoms with Gasteiger partial charge in [-0.3, -0.25) is 0 Å². The first kappa shape index (κ1) is 3.68. The Morgan fingerprint density at radius 2 is 2.60 bits per heavy atom. The summed E-state index contributed by atoms with van der Waals surface area (Å²) in [6, 6.07) is 0. The molecular weight excluding hydrogens is 125 g/mol. The van der Waals surface area contributed by atoms with Gasteiger partial charge in [0.05, 0.1) is 0 Å². The number of epoxide rings is 1. The molecule has 2 heteroatoms. The fourth-order valence-electron chi connectivity index (χ4n) is 0.304. The molecule has 1 saturated heterocycles. The van der Waals surface area contributed by atoms with E-state index in [0.717, 1.165) is 29.2 Å². The van der Waals surface area contributed by atoms with Crippen LogP contribution in [0.5, 0.6) is 0 Å². The van der Waals surface area contributed by atoms with Gasteiger partial charge in [-0.05, 0) is 0 Å². The fourth-order valence-corrected chi connectivity index (χ4v) is 1.29. The van der Waals surface area contributed by atoms with Crippen molar-refractivity contribution in [2.24, 2.45) is 0 Å². The summed E-state index contributed by atoms with van der Waals surface area (Å²) < 4.78 is 4.90. The predicted octanol–water partition coefficient (Wildman–Crippen LogP) is -0.831. The van der Waals surface area contributed by atoms with Crippen LogP contribution in [-0.2, 0) is 4.74 Å². The summed E-state index contributed by atoms with van der Waals surface area (Å²) in [5.41, 5.74) is 0. The molecule has 1 atom stereocenters. The molecule has 0 N–H and O–H groups in total. The first-order valence-electron chi connectivity index (χ1n) is 2.05. The Balaban J connectivity index is 2.00. The molecule has 0 bridgehead atoms. The van der Waals surface area contributed by atoms with E-state index in [-0.39, 0.29) is 0 Å². The molecule has 1 unspecified atom stereocenters. The standard InChI is InChI=1S/C3H8GeO/c4-1-3-2-5-3/h3H,1-2H2,4H3. The topological polar surface area (TPSA) is 12.5 Å². The Bertz CT molecular complexity index is 33.9. The predicted molar refractivity (Wildman–Crippen MR) is 24.5 cm³/mol. The number of hydrogen-bond acceptors (Lipinski definition) is 1. The van der Waals surface area contributed by atoms with E-state index in [1.165, 1.54) is 5.25 Å². The van der Waals surface area contributed by atoms with E-state index in [0.29, 0.717) is 0 Å². The van der Waals surface area contributed by atoms with Crippen LogP contribution in [0, 0.1) is 0 Å². The number of hydrogen-bond donors (Lipinski definition) is 0. The van der Waals surface area contributed by atoms with Crippen molar-refractivity contribution < 1.29 is 4.74 Å². The molecular formula is C3H8GeO. The van der Waals surface area contributed by atoms with E-state index in [9.17, 15) is 0 Å². The number of rotatable bonds is 1. The first-order valence-corrected chi connectivity index (χ1v) is 5.02. The third-order valence-electron chi connectivity index (χ3n) is 0.858. The summed E-state index contributed by atoms with van der Waals surface area (Å²) >= 11 is 1.02. The Labute approximate surface area is 39.9 Å². The van der Waals surface area contributed by atoms with E-state index < -0.39 is 0 Å². The minimum atomic E-state index is 0.718. The zero-order valence-corrected chi connectivity index (χ0v) is 7.60. The molecule has 0 aromatic heterocycles. The molecule has 1 heterocycles. The van der Waals surface area contributed by atoms with Crippen LogP contribution in [0.4, 0.5) is 0 Å². The van der Waals surface area contributed by atoms with Gasteiger partial charge in [-0.15, -0.1) is 0 Å². The van der Waals surface area contributed by atoms with Gasteiger partial charge in [0.15, 0.2) is 0 Å². The molecule has 1 fully saturated rings. The average molecular weight is 133 g/mol. The molecule has 0 amide bonds. The SMILES string of the molecule is [GeH3][CH2]C1CO1. The van der Waals surface area contributed by atoms with Crippen molar-refractivity contribution in [3.8, 4) is 0 Å². The molecule has 0 saturated carbocycles. The Hall–Kier alpha value is 0.503. The summed E-state index contributed by atoms with van der Waals surface area (Å²) in [5.74, 6) is 0. The van der Waals surface area contributed by atoms with Gasteiger partial charge in [-0.25, -0.2) is 0 Å². The van der Waals surface area contributed by atoms with Gasteiger partial charge in [0.25, 0.3) is 0 Å². The zero-order valence-electron chi connectivity index (χ0n) is 3.40. The van der Waals surface area contributed by atoms with Crippen molar-refractivity contribution in [2.75, 3.05) is 6.61 Å². The van der Waals surface area contributed by atoms with Crippen molar-refractivity contribution in [1.82, 2.24) is 0 Å². The van der Waals surface area contributed by atoms with Gasteiger partial charge in [0, 0.05) is 0 Å². The van der Waals surface area contributed by atoms with E-state index in [2.05, 4.69) is 0 Å². The second-order valence-electron chi connectivity index (χ2n) is 1.36. The molecule has 0 aromatic rings. The van der Waals surface area contributed by atoms with Crippen molar-refractivity contribution in [2.45, 2.75) is 11.4 Å². The minimum absolute atomic E-state index is 0.718. The third kappa shape index (κ3) is 0.932. The average Bonchev–Trinajstić information content (AvgIpc) is 2.12. The van der Waals surface area contributed by atoms with Crippen molar-refractivity contribution in [3.63, 3.8) is 0 Å². The summed E-state index contributed by atoms with van der Waals surface area (Å²) in [6.45, 7) is 1.06. The van der Waals surface area contributed by atoms with Crippen LogP contribution in [0.3, 0.4) is 0 Å². The van der Waals surface area contributed by atoms with Crippen LogP contribution in [0.1, 0.15) is 0 Å². The Morgan fingerprint density at radius 3 is 2.60 bits per heavy atom. The summed E-state index contributed by atoms with van der Waals surface area (Å²) in [4.78, 5) is 0. The van der Waals surface area contributed by atoms with Gasteiger partial charge in [-0.2, -0.15) is 0 Å². The molecule has 1 aliphatic rings. The van der Waals surface area contributed by atoms with Crippen LogP contribution in [0.2, 0.25) is 5.25 Å². The van der Waals surface area contributed by atoms with E-state index >= 15 is 0 Å². The third-order valence-corrected chi connectivity index (χ3v) is 2.77. The van der Waals surface area contributed by atoms with E-state index in [4.69, 9.17) is 4.74 Å². The van der Waals surface area contributed by atoms with Crippen LogP contribution in [0.15, 0.2) is 0 Å². The molecule has 1 aliphatic heterocycles. The molecule has 0 spiro atoms. The van der Waals surface area contributed by atoms with Crippen molar-refractivity contribution in [1.29, 1.82) is 0 Å². The molecule has 1 rings (SSSR count). The molecule has 30 valence electrons. The molecule has 0 radical (unpaired) electrons. The monoisotopic (exact) mass is 134 g/mol. The number of ether oxygens (including phenoxy) is 1. The van der Waals surface area contributed by atoms with E-state index in [1.807, 2.05) is 0 Å². The van der Waals surface area contributed by atoms with Crippen LogP contribution < -0.4 is 0 Å². The second-order valence-corrected chi connectivity index (χ2v) is 3.08. The molecule has 0 aliphatic carbocycles. The van der Waals surface area contributed by atoms with Gasteiger partial charge >= 0.3 is 39.2 Å². The summed E-state index contributed by atoms with van der Waals surface area (Å²) in [7, 11) is 0. The van der Waals surface area contributed by atoms with Crippen molar-refractivity contribution >= 4 is 16.5 Å². The van der Waals surface area contributed by atoms with Gasteiger partial charge in [0.1, 0.15) is 0 Å². The summed E-state index contributed by atoms with van der Waals surface area (Å²) in [5, 5.41) is 1.38. The Kier molecular flexibility index (Phi) is 0.963. The van der Waals surface area contributed by atoms with Crippen molar-refractivity contribution in [3.05, 3.63) is 0 Å². The van der Waals surface area contributed by atoms with Gasteiger partial charge in [0.2, 0.25) is 0 Å². The molecule has 1 nitrogen and oxygen atoms in total. The van der Waals surface area contributed by atoms with Crippen LogP contribution in [-0.4, -0.2) is 29.2 Å². The van der Waals surface area contributed by atoms with Crippen LogP contribution in [0.25, 0.3) is 0 Å². The normalized spacial score (nSPS) is 34.8. The second kappa shape index (κ2) is 1.31. The van der Waals surface area contributed by atoms with E-state index in [1.54, 1.807) is 0 Å². The Morgan fingerprint density at radius 1 is 2.00 bits per heavy atom. The molecule has 5 heavy (non-hydrogen) atoms. The zero-order chi connectivity index (χ0) is 3.70. The summed E-state index contributed by atoms with van der Waals surface area (Å²) in [6.07, 6.45) is 0.718. The van der Waals surface area contributed by atoms with Crippen LogP contribution >= 0.6 is 0 Å². The maximum absolute atomic E-state index is 4.90. The van der Waals surface area contributed by atoms with Gasteiger partial charge < -0.3 is 0 Å². The maximum atomic E-state index is 4.90. The molecule has 0 aromatic carbocycles. The quantitative estimate of drug-likeness (QED) is 0.335. The van der Waals surface area contributed by atoms with Gasteiger partial charge in [-0.1, -0.05) is 0 Å². The first-order chi connectivity index (χ1) is 2.43. The fraction of sp³-hybridized carbons (Fsp3) is 1.00.